The van der Waals surface area contributed by atoms with Crippen LogP contribution in [0.4, 0.5) is 0 Å². The fraction of sp³-hybridized carbons (Fsp3) is 0.556. The number of aliphatic carboxylic acids is 1. The molecule has 0 spiro atoms. The lowest BCUT2D eigenvalue weighted by Gasteiger charge is -2.29. The quantitative estimate of drug-likeness (QED) is 0.909. The molecule has 6 heteroatoms. The first-order valence-electron chi connectivity index (χ1n) is 8.34. The number of likely N-dealkylation sites (tertiary alicyclic amines) is 1. The van der Waals surface area contributed by atoms with E-state index in [4.69, 9.17) is 16.3 Å². The molecule has 24 heavy (non-hydrogen) atoms. The molecule has 2 saturated heterocycles. The van der Waals surface area contributed by atoms with Crippen LogP contribution in [0.25, 0.3) is 0 Å². The zero-order valence-corrected chi connectivity index (χ0v) is 14.4. The SMILES string of the molecule is CC1CC(C(=O)N2C[C@@H](C(=O)O)[C@H](c3ccc(Cl)cc3)C2)CCO1. The van der Waals surface area contributed by atoms with Crippen LogP contribution >= 0.6 is 11.6 Å². The second kappa shape index (κ2) is 7.11. The van der Waals surface area contributed by atoms with Crippen LogP contribution in [-0.4, -0.2) is 47.7 Å². The van der Waals surface area contributed by atoms with Crippen molar-refractivity contribution >= 4 is 23.5 Å². The first-order valence-corrected chi connectivity index (χ1v) is 8.72. The Hall–Kier alpha value is -1.59. The number of rotatable bonds is 3. The Kier molecular flexibility index (Phi) is 5.11. The van der Waals surface area contributed by atoms with Crippen LogP contribution in [-0.2, 0) is 14.3 Å². The summed E-state index contributed by atoms with van der Waals surface area (Å²) < 4.78 is 5.50. The van der Waals surface area contributed by atoms with Crippen LogP contribution in [0.3, 0.4) is 0 Å². The Bertz CT molecular complexity index is 618. The number of ether oxygens (including phenoxy) is 1. The molecular weight excluding hydrogens is 330 g/mol. The Morgan fingerprint density at radius 3 is 2.58 bits per heavy atom. The molecule has 0 bridgehead atoms. The molecule has 2 aliphatic rings. The highest BCUT2D eigenvalue weighted by molar-refractivity contribution is 6.30. The van der Waals surface area contributed by atoms with Crippen molar-refractivity contribution in [2.45, 2.75) is 31.8 Å². The highest BCUT2D eigenvalue weighted by Gasteiger charge is 2.42. The smallest absolute Gasteiger partial charge is 0.308 e. The van der Waals surface area contributed by atoms with Crippen LogP contribution < -0.4 is 0 Å². The third-order valence-electron chi connectivity index (χ3n) is 5.08. The molecule has 0 aromatic heterocycles. The molecule has 3 rings (SSSR count). The van der Waals surface area contributed by atoms with Crippen LogP contribution in [0.1, 0.15) is 31.2 Å². The van der Waals surface area contributed by atoms with Gasteiger partial charge in [0, 0.05) is 36.6 Å². The molecule has 1 amide bonds. The Balaban J connectivity index is 1.76. The number of hydrogen-bond acceptors (Lipinski definition) is 3. The molecule has 1 aromatic carbocycles. The number of carbonyl (C=O) groups excluding carboxylic acids is 1. The van der Waals surface area contributed by atoms with E-state index in [1.165, 1.54) is 0 Å². The molecule has 130 valence electrons. The summed E-state index contributed by atoms with van der Waals surface area (Å²) in [5.41, 5.74) is 0.919. The predicted octanol–water partition coefficient (Wildman–Crippen LogP) is 2.78. The minimum atomic E-state index is -0.856. The summed E-state index contributed by atoms with van der Waals surface area (Å²) in [6.07, 6.45) is 1.50. The lowest BCUT2D eigenvalue weighted by atomic mass is 9.89. The maximum atomic E-state index is 12.8. The van der Waals surface area contributed by atoms with Crippen molar-refractivity contribution in [1.82, 2.24) is 4.90 Å². The van der Waals surface area contributed by atoms with E-state index >= 15 is 0 Å². The fourth-order valence-corrected chi connectivity index (χ4v) is 3.89. The first-order chi connectivity index (χ1) is 11.5. The van der Waals surface area contributed by atoms with Crippen molar-refractivity contribution in [3.8, 4) is 0 Å². The highest BCUT2D eigenvalue weighted by Crippen LogP contribution is 2.35. The summed E-state index contributed by atoms with van der Waals surface area (Å²) >= 11 is 5.92. The van der Waals surface area contributed by atoms with E-state index in [0.717, 1.165) is 5.56 Å². The van der Waals surface area contributed by atoms with Gasteiger partial charge in [-0.15, -0.1) is 0 Å². The molecule has 1 N–H and O–H groups in total. The standard InChI is InChI=1S/C18H22ClNO4/c1-11-8-13(6-7-24-11)17(21)20-9-15(16(10-20)18(22)23)12-2-4-14(19)5-3-12/h2-5,11,13,15-16H,6-10H2,1H3,(H,22,23)/t11?,13?,15-,16+/m0/s1. The molecule has 2 aliphatic heterocycles. The second-order valence-corrected chi connectivity index (χ2v) is 7.19. The van der Waals surface area contributed by atoms with Gasteiger partial charge in [-0.05, 0) is 37.5 Å². The van der Waals surface area contributed by atoms with E-state index in [2.05, 4.69) is 0 Å². The lowest BCUT2D eigenvalue weighted by Crippen LogP contribution is -2.39. The molecule has 4 atom stereocenters. The molecule has 2 heterocycles. The minimum Gasteiger partial charge on any atom is -0.481 e. The normalized spacial score (nSPS) is 30.3. The third-order valence-corrected chi connectivity index (χ3v) is 5.33. The largest absolute Gasteiger partial charge is 0.481 e. The van der Waals surface area contributed by atoms with Crippen molar-refractivity contribution in [2.24, 2.45) is 11.8 Å². The molecule has 2 unspecified atom stereocenters. The van der Waals surface area contributed by atoms with Crippen molar-refractivity contribution < 1.29 is 19.4 Å². The van der Waals surface area contributed by atoms with Gasteiger partial charge in [-0.2, -0.15) is 0 Å². The fourth-order valence-electron chi connectivity index (χ4n) is 3.76. The van der Waals surface area contributed by atoms with E-state index in [1.54, 1.807) is 17.0 Å². The van der Waals surface area contributed by atoms with Gasteiger partial charge in [0.05, 0.1) is 12.0 Å². The van der Waals surface area contributed by atoms with Gasteiger partial charge in [0.2, 0.25) is 5.91 Å². The number of amides is 1. The summed E-state index contributed by atoms with van der Waals surface area (Å²) in [5.74, 6) is -1.63. The summed E-state index contributed by atoms with van der Waals surface area (Å²) in [7, 11) is 0. The average Bonchev–Trinajstić information content (AvgIpc) is 3.00. The molecule has 0 radical (unpaired) electrons. The Morgan fingerprint density at radius 2 is 1.96 bits per heavy atom. The van der Waals surface area contributed by atoms with Gasteiger partial charge in [-0.25, -0.2) is 0 Å². The lowest BCUT2D eigenvalue weighted by molar-refractivity contribution is -0.142. The Labute approximate surface area is 146 Å². The zero-order chi connectivity index (χ0) is 17.3. The van der Waals surface area contributed by atoms with Crippen LogP contribution in [0.5, 0.6) is 0 Å². The molecule has 2 fully saturated rings. The maximum Gasteiger partial charge on any atom is 0.308 e. The average molecular weight is 352 g/mol. The number of carboxylic acids is 1. The highest BCUT2D eigenvalue weighted by atomic mass is 35.5. The van der Waals surface area contributed by atoms with Crippen molar-refractivity contribution in [2.75, 3.05) is 19.7 Å². The number of benzene rings is 1. The first kappa shape index (κ1) is 17.2. The maximum absolute atomic E-state index is 12.8. The number of carboxylic acid groups (broad SMARTS) is 1. The van der Waals surface area contributed by atoms with Gasteiger partial charge in [-0.3, -0.25) is 9.59 Å². The monoisotopic (exact) mass is 351 g/mol. The van der Waals surface area contributed by atoms with Crippen LogP contribution in [0, 0.1) is 11.8 Å². The molecule has 0 aliphatic carbocycles. The third kappa shape index (κ3) is 3.57. The molecule has 0 saturated carbocycles. The number of hydrogen-bond donors (Lipinski definition) is 1. The van der Waals surface area contributed by atoms with Gasteiger partial charge in [0.25, 0.3) is 0 Å². The van der Waals surface area contributed by atoms with E-state index in [1.807, 2.05) is 19.1 Å². The Morgan fingerprint density at radius 1 is 1.25 bits per heavy atom. The van der Waals surface area contributed by atoms with Crippen LogP contribution in [0.2, 0.25) is 5.02 Å². The summed E-state index contributed by atoms with van der Waals surface area (Å²) in [6, 6.07) is 7.24. The summed E-state index contributed by atoms with van der Waals surface area (Å²) in [6.45, 7) is 3.28. The van der Waals surface area contributed by atoms with E-state index in [-0.39, 0.29) is 30.4 Å². The summed E-state index contributed by atoms with van der Waals surface area (Å²) in [4.78, 5) is 26.2. The number of carbonyl (C=O) groups is 2. The topological polar surface area (TPSA) is 66.8 Å². The van der Waals surface area contributed by atoms with Gasteiger partial charge in [0.15, 0.2) is 0 Å². The van der Waals surface area contributed by atoms with Crippen LogP contribution in [0.15, 0.2) is 24.3 Å². The summed E-state index contributed by atoms with van der Waals surface area (Å²) in [5, 5.41) is 10.2. The van der Waals surface area contributed by atoms with Crippen molar-refractivity contribution in [3.63, 3.8) is 0 Å². The number of halogens is 1. The molecule has 1 aromatic rings. The van der Waals surface area contributed by atoms with Gasteiger partial charge in [-0.1, -0.05) is 23.7 Å². The van der Waals surface area contributed by atoms with Gasteiger partial charge >= 0.3 is 5.97 Å². The molecular formula is C18H22ClNO4. The van der Waals surface area contributed by atoms with Gasteiger partial charge in [0.1, 0.15) is 0 Å². The van der Waals surface area contributed by atoms with Crippen molar-refractivity contribution in [3.05, 3.63) is 34.9 Å². The van der Waals surface area contributed by atoms with E-state index < -0.39 is 11.9 Å². The molecule has 5 nitrogen and oxygen atoms in total. The van der Waals surface area contributed by atoms with Gasteiger partial charge < -0.3 is 14.7 Å². The number of nitrogens with zero attached hydrogens (tertiary/aromatic N) is 1. The van der Waals surface area contributed by atoms with E-state index in [9.17, 15) is 14.7 Å². The predicted molar refractivity (Wildman–Crippen MR) is 90.0 cm³/mol. The zero-order valence-electron chi connectivity index (χ0n) is 13.7. The minimum absolute atomic E-state index is 0.0628. The van der Waals surface area contributed by atoms with Crippen molar-refractivity contribution in [1.29, 1.82) is 0 Å². The van der Waals surface area contributed by atoms with E-state index in [0.29, 0.717) is 31.0 Å². The second-order valence-electron chi connectivity index (χ2n) is 6.75.